The second kappa shape index (κ2) is 5.25. The van der Waals surface area contributed by atoms with Crippen molar-refractivity contribution in [1.29, 1.82) is 0 Å². The summed E-state index contributed by atoms with van der Waals surface area (Å²) < 4.78 is 1.54. The van der Waals surface area contributed by atoms with Crippen molar-refractivity contribution in [3.8, 4) is 0 Å². The van der Waals surface area contributed by atoms with Crippen LogP contribution >= 0.6 is 11.8 Å². The molecule has 116 valence electrons. The summed E-state index contributed by atoms with van der Waals surface area (Å²) in [5, 5.41) is 26.3. The van der Waals surface area contributed by atoms with E-state index in [0.29, 0.717) is 10.6 Å². The molecule has 0 unspecified atom stereocenters. The monoisotopic (exact) mass is 322 g/mol. The van der Waals surface area contributed by atoms with E-state index >= 15 is 0 Å². The molecule has 1 fully saturated rings. The summed E-state index contributed by atoms with van der Waals surface area (Å²) in [6, 6.07) is 0. The number of aliphatic carboxylic acids is 1. The molecule has 3 heterocycles. The fraction of sp³-hybridized carbons (Fsp3) is 0.385. The number of aryl methyl sites for hydroxylation is 1. The summed E-state index contributed by atoms with van der Waals surface area (Å²) in [4.78, 5) is 25.2. The maximum atomic E-state index is 12.0. The molecule has 2 aliphatic rings. The molecule has 1 saturated heterocycles. The lowest BCUT2D eigenvalue weighted by Crippen LogP contribution is -2.60. The standard InChI is InChI=1S/C13H14N4O4S/c1-6(18)9-11(19)17-10(13(20)21)8(22-12(9)17)4-3-7-5-16(2)15-14-7/h3-6,9,12,18H,1-2H3,(H,20,21)/t6-,9+,12-/m1/s1. The van der Waals surface area contributed by atoms with Gasteiger partial charge in [-0.05, 0) is 19.1 Å². The van der Waals surface area contributed by atoms with E-state index in [9.17, 15) is 19.8 Å². The van der Waals surface area contributed by atoms with Crippen LogP contribution in [0.4, 0.5) is 0 Å². The number of carbonyl (C=O) groups is 2. The van der Waals surface area contributed by atoms with Crippen LogP contribution < -0.4 is 0 Å². The molecule has 3 atom stereocenters. The predicted octanol–water partition coefficient (Wildman–Crippen LogP) is 0.0366. The molecular formula is C13H14N4O4S. The molecule has 1 aromatic heterocycles. The second-order valence-corrected chi connectivity index (χ2v) is 6.31. The van der Waals surface area contributed by atoms with Gasteiger partial charge in [0.15, 0.2) is 0 Å². The lowest BCUT2D eigenvalue weighted by atomic mass is 9.92. The molecule has 1 aromatic rings. The number of hydrogen-bond donors (Lipinski definition) is 2. The number of nitrogens with zero attached hydrogens (tertiary/aromatic N) is 4. The fourth-order valence-corrected chi connectivity index (χ4v) is 4.04. The van der Waals surface area contributed by atoms with Crippen molar-refractivity contribution in [2.45, 2.75) is 18.4 Å². The van der Waals surface area contributed by atoms with Gasteiger partial charge in [-0.3, -0.25) is 14.4 Å². The van der Waals surface area contributed by atoms with Crippen LogP contribution in [0.2, 0.25) is 0 Å². The van der Waals surface area contributed by atoms with Gasteiger partial charge in [-0.25, -0.2) is 4.79 Å². The molecule has 0 aliphatic carbocycles. The van der Waals surface area contributed by atoms with Gasteiger partial charge >= 0.3 is 5.97 Å². The molecular weight excluding hydrogens is 308 g/mol. The van der Waals surface area contributed by atoms with Crippen LogP contribution in [0.1, 0.15) is 12.6 Å². The number of amides is 1. The van der Waals surface area contributed by atoms with Gasteiger partial charge in [0.2, 0.25) is 5.91 Å². The molecule has 1 amide bonds. The second-order valence-electron chi connectivity index (χ2n) is 5.15. The minimum atomic E-state index is -1.16. The highest BCUT2D eigenvalue weighted by molar-refractivity contribution is 8.04. The molecule has 22 heavy (non-hydrogen) atoms. The van der Waals surface area contributed by atoms with Crippen molar-refractivity contribution < 1.29 is 19.8 Å². The number of carboxylic acid groups (broad SMARTS) is 1. The quantitative estimate of drug-likeness (QED) is 0.753. The van der Waals surface area contributed by atoms with Crippen molar-refractivity contribution in [3.05, 3.63) is 28.6 Å². The summed E-state index contributed by atoms with van der Waals surface area (Å²) in [6.45, 7) is 1.54. The van der Waals surface area contributed by atoms with Crippen LogP contribution in [0, 0.1) is 5.92 Å². The van der Waals surface area contributed by atoms with Gasteiger partial charge in [0.1, 0.15) is 16.8 Å². The normalized spacial score (nSPS) is 25.6. The van der Waals surface area contributed by atoms with Crippen LogP contribution in [0.3, 0.4) is 0 Å². The number of aliphatic hydroxyl groups excluding tert-OH is 1. The Hall–Kier alpha value is -2.13. The van der Waals surface area contributed by atoms with Gasteiger partial charge < -0.3 is 10.2 Å². The molecule has 0 radical (unpaired) electrons. The average Bonchev–Trinajstić information content (AvgIpc) is 2.97. The Kier molecular flexibility index (Phi) is 3.53. The molecule has 0 saturated carbocycles. The number of hydrogen-bond acceptors (Lipinski definition) is 6. The zero-order chi connectivity index (χ0) is 16.0. The van der Waals surface area contributed by atoms with Crippen molar-refractivity contribution in [2.75, 3.05) is 0 Å². The molecule has 3 rings (SSSR count). The van der Waals surface area contributed by atoms with E-state index in [1.165, 1.54) is 28.3 Å². The Bertz CT molecular complexity index is 709. The Balaban J connectivity index is 1.88. The SMILES string of the molecule is C[C@@H](O)[C@H]1C(=O)N2C(C(=O)O)=C(C=Cc3cn(C)nn3)S[C@H]12. The first-order valence-corrected chi connectivity index (χ1v) is 7.48. The van der Waals surface area contributed by atoms with Gasteiger partial charge in [-0.2, -0.15) is 0 Å². The minimum Gasteiger partial charge on any atom is -0.477 e. The maximum absolute atomic E-state index is 12.0. The smallest absolute Gasteiger partial charge is 0.353 e. The number of allylic oxidation sites excluding steroid dienone is 1. The molecule has 2 aliphatic heterocycles. The number of aliphatic hydroxyl groups is 1. The summed E-state index contributed by atoms with van der Waals surface area (Å²) in [5.41, 5.74) is 0.546. The summed E-state index contributed by atoms with van der Waals surface area (Å²) >= 11 is 1.27. The van der Waals surface area contributed by atoms with Crippen molar-refractivity contribution in [1.82, 2.24) is 19.9 Å². The number of carbonyl (C=O) groups excluding carboxylic acids is 1. The number of rotatable bonds is 4. The number of β-lactam (4-membered cyclic amide) rings is 1. The van der Waals surface area contributed by atoms with Gasteiger partial charge in [-0.15, -0.1) is 5.10 Å². The van der Waals surface area contributed by atoms with Gasteiger partial charge in [-0.1, -0.05) is 17.0 Å². The van der Waals surface area contributed by atoms with E-state index in [2.05, 4.69) is 10.3 Å². The third-order valence-corrected chi connectivity index (χ3v) is 4.88. The summed E-state index contributed by atoms with van der Waals surface area (Å²) in [6.07, 6.45) is 4.14. The lowest BCUT2D eigenvalue weighted by Gasteiger charge is -2.43. The number of aromatic nitrogens is 3. The van der Waals surface area contributed by atoms with Crippen LogP contribution in [-0.4, -0.2) is 53.5 Å². The summed E-state index contributed by atoms with van der Waals surface area (Å²) in [7, 11) is 1.73. The fourth-order valence-electron chi connectivity index (χ4n) is 2.53. The van der Waals surface area contributed by atoms with Crippen LogP contribution in [-0.2, 0) is 16.6 Å². The van der Waals surface area contributed by atoms with Crippen LogP contribution in [0.25, 0.3) is 6.08 Å². The van der Waals surface area contributed by atoms with E-state index in [0.717, 1.165) is 0 Å². The third kappa shape index (κ3) is 2.22. The van der Waals surface area contributed by atoms with Crippen molar-refractivity contribution in [2.24, 2.45) is 13.0 Å². The molecule has 8 nitrogen and oxygen atoms in total. The molecule has 9 heteroatoms. The zero-order valence-corrected chi connectivity index (χ0v) is 12.7. The van der Waals surface area contributed by atoms with Gasteiger partial charge in [0, 0.05) is 12.0 Å². The largest absolute Gasteiger partial charge is 0.477 e. The van der Waals surface area contributed by atoms with E-state index in [4.69, 9.17) is 0 Å². The minimum absolute atomic E-state index is 0.0444. The molecule has 0 spiro atoms. The predicted molar refractivity (Wildman–Crippen MR) is 78.1 cm³/mol. The van der Waals surface area contributed by atoms with Crippen molar-refractivity contribution >= 4 is 29.7 Å². The van der Waals surface area contributed by atoms with E-state index < -0.39 is 18.0 Å². The van der Waals surface area contributed by atoms with E-state index in [-0.39, 0.29) is 17.0 Å². The van der Waals surface area contributed by atoms with Gasteiger partial charge in [0.25, 0.3) is 0 Å². The highest BCUT2D eigenvalue weighted by atomic mass is 32.2. The Labute approximate surface area is 130 Å². The molecule has 0 bridgehead atoms. The first-order chi connectivity index (χ1) is 10.4. The van der Waals surface area contributed by atoms with Crippen LogP contribution in [0.15, 0.2) is 22.9 Å². The molecule has 2 N–H and O–H groups in total. The number of thioether (sulfide) groups is 1. The Morgan fingerprint density at radius 2 is 2.23 bits per heavy atom. The van der Waals surface area contributed by atoms with Crippen LogP contribution in [0.5, 0.6) is 0 Å². The number of carboxylic acids is 1. The average molecular weight is 322 g/mol. The first-order valence-electron chi connectivity index (χ1n) is 6.60. The van der Waals surface area contributed by atoms with Crippen molar-refractivity contribution in [3.63, 3.8) is 0 Å². The molecule has 0 aromatic carbocycles. The Morgan fingerprint density at radius 3 is 2.77 bits per heavy atom. The zero-order valence-electron chi connectivity index (χ0n) is 11.9. The number of fused-ring (bicyclic) bond motifs is 1. The highest BCUT2D eigenvalue weighted by Crippen LogP contribution is 2.50. The van der Waals surface area contributed by atoms with E-state index in [1.54, 1.807) is 25.4 Å². The summed E-state index contributed by atoms with van der Waals surface area (Å²) in [5.74, 6) is -2.08. The highest BCUT2D eigenvalue weighted by Gasteiger charge is 2.57. The first kappa shape index (κ1) is 14.8. The van der Waals surface area contributed by atoms with Gasteiger partial charge in [0.05, 0.1) is 18.2 Å². The lowest BCUT2D eigenvalue weighted by molar-refractivity contribution is -0.156. The topological polar surface area (TPSA) is 109 Å². The third-order valence-electron chi connectivity index (χ3n) is 3.55. The Morgan fingerprint density at radius 1 is 1.50 bits per heavy atom. The van der Waals surface area contributed by atoms with E-state index in [1.807, 2.05) is 0 Å². The maximum Gasteiger partial charge on any atom is 0.353 e.